The van der Waals surface area contributed by atoms with Crippen molar-refractivity contribution >= 4 is 0 Å². The number of ether oxygens (including phenoxy) is 1. The summed E-state index contributed by atoms with van der Waals surface area (Å²) in [6, 6.07) is 11.2. The Bertz CT molecular complexity index is 399. The number of hydrogen-bond donors (Lipinski definition) is 2. The van der Waals surface area contributed by atoms with Gasteiger partial charge in [-0.15, -0.1) is 0 Å². The molecule has 3 N–H and O–H groups in total. The molecule has 1 saturated heterocycles. The van der Waals surface area contributed by atoms with Gasteiger partial charge in [0, 0.05) is 24.7 Å². The lowest BCUT2D eigenvalue weighted by molar-refractivity contribution is 0.0324. The van der Waals surface area contributed by atoms with E-state index in [1.807, 2.05) is 0 Å². The molecule has 1 fully saturated rings. The van der Waals surface area contributed by atoms with Gasteiger partial charge < -0.3 is 4.74 Å². The van der Waals surface area contributed by atoms with E-state index in [4.69, 9.17) is 10.6 Å². The van der Waals surface area contributed by atoms with E-state index < -0.39 is 0 Å². The average molecular weight is 290 g/mol. The molecule has 1 unspecified atom stereocenters. The van der Waals surface area contributed by atoms with Crippen LogP contribution < -0.4 is 11.3 Å². The summed E-state index contributed by atoms with van der Waals surface area (Å²) in [7, 11) is 0. The van der Waals surface area contributed by atoms with Crippen molar-refractivity contribution in [2.75, 3.05) is 13.2 Å². The van der Waals surface area contributed by atoms with E-state index >= 15 is 0 Å². The van der Waals surface area contributed by atoms with Crippen LogP contribution in [0.5, 0.6) is 0 Å². The SMILES string of the molecule is CC(C)CCCC(NN)C1(c2ccccc2)CCOCC1. The average Bonchev–Trinajstić information content (AvgIpc) is 2.53. The normalized spacial score (nSPS) is 19.6. The summed E-state index contributed by atoms with van der Waals surface area (Å²) in [5.74, 6) is 6.71. The Morgan fingerprint density at radius 3 is 2.38 bits per heavy atom. The molecule has 0 radical (unpaired) electrons. The minimum absolute atomic E-state index is 0.116. The number of rotatable bonds is 7. The maximum absolute atomic E-state index is 5.95. The quantitative estimate of drug-likeness (QED) is 0.598. The van der Waals surface area contributed by atoms with E-state index in [2.05, 4.69) is 49.6 Å². The molecule has 3 heteroatoms. The highest BCUT2D eigenvalue weighted by Crippen LogP contribution is 2.39. The lowest BCUT2D eigenvalue weighted by Gasteiger charge is -2.44. The zero-order valence-electron chi connectivity index (χ0n) is 13.5. The van der Waals surface area contributed by atoms with Gasteiger partial charge in [0.05, 0.1) is 0 Å². The Kier molecular flexibility index (Phi) is 6.22. The van der Waals surface area contributed by atoms with E-state index in [0.717, 1.165) is 38.4 Å². The number of nitrogens with one attached hydrogen (secondary N) is 1. The molecule has 1 aliphatic rings. The van der Waals surface area contributed by atoms with Gasteiger partial charge in [-0.3, -0.25) is 11.3 Å². The number of benzene rings is 1. The topological polar surface area (TPSA) is 47.3 Å². The van der Waals surface area contributed by atoms with Gasteiger partial charge in [-0.2, -0.15) is 0 Å². The fourth-order valence-corrected chi connectivity index (χ4v) is 3.59. The minimum atomic E-state index is 0.116. The van der Waals surface area contributed by atoms with E-state index in [-0.39, 0.29) is 5.41 Å². The molecule has 118 valence electrons. The smallest absolute Gasteiger partial charge is 0.0475 e. The van der Waals surface area contributed by atoms with Gasteiger partial charge in [-0.05, 0) is 30.7 Å². The lowest BCUT2D eigenvalue weighted by Crippen LogP contribution is -2.53. The molecule has 2 rings (SSSR count). The van der Waals surface area contributed by atoms with Gasteiger partial charge in [0.15, 0.2) is 0 Å². The first kappa shape index (κ1) is 16.5. The molecule has 1 aromatic carbocycles. The van der Waals surface area contributed by atoms with Crippen molar-refractivity contribution in [1.29, 1.82) is 0 Å². The molecule has 1 heterocycles. The fourth-order valence-electron chi connectivity index (χ4n) is 3.59. The van der Waals surface area contributed by atoms with E-state index in [0.29, 0.717) is 6.04 Å². The van der Waals surface area contributed by atoms with Gasteiger partial charge in [-0.1, -0.05) is 57.0 Å². The number of hydrogen-bond acceptors (Lipinski definition) is 3. The minimum Gasteiger partial charge on any atom is -0.381 e. The standard InChI is InChI=1S/C18H30N2O/c1-15(2)7-6-10-17(20-19)18(11-13-21-14-12-18)16-8-4-3-5-9-16/h3-5,8-9,15,17,20H,6-7,10-14,19H2,1-2H3. The fraction of sp³-hybridized carbons (Fsp3) is 0.667. The molecule has 0 aliphatic carbocycles. The Morgan fingerprint density at radius 1 is 1.14 bits per heavy atom. The predicted molar refractivity (Wildman–Crippen MR) is 88.0 cm³/mol. The Balaban J connectivity index is 2.17. The van der Waals surface area contributed by atoms with Crippen LogP contribution in [0.2, 0.25) is 0 Å². The lowest BCUT2D eigenvalue weighted by atomic mass is 9.67. The first-order valence-electron chi connectivity index (χ1n) is 8.28. The predicted octanol–water partition coefficient (Wildman–Crippen LogP) is 3.39. The van der Waals surface area contributed by atoms with Crippen molar-refractivity contribution < 1.29 is 4.74 Å². The summed E-state index contributed by atoms with van der Waals surface area (Å²) in [4.78, 5) is 0. The Hall–Kier alpha value is -0.900. The van der Waals surface area contributed by atoms with Crippen molar-refractivity contribution in [2.45, 2.75) is 57.4 Å². The van der Waals surface area contributed by atoms with Crippen LogP contribution in [0.1, 0.15) is 51.5 Å². The molecule has 0 amide bonds. The van der Waals surface area contributed by atoms with E-state index in [1.54, 1.807) is 0 Å². The molecule has 3 nitrogen and oxygen atoms in total. The van der Waals surface area contributed by atoms with Gasteiger partial charge in [0.2, 0.25) is 0 Å². The maximum atomic E-state index is 5.95. The maximum Gasteiger partial charge on any atom is 0.0475 e. The molecule has 0 saturated carbocycles. The summed E-state index contributed by atoms with van der Waals surface area (Å²) < 4.78 is 5.62. The van der Waals surface area contributed by atoms with Crippen molar-refractivity contribution in [3.8, 4) is 0 Å². The van der Waals surface area contributed by atoms with E-state index in [9.17, 15) is 0 Å². The second-order valence-corrected chi connectivity index (χ2v) is 6.68. The molecule has 1 aliphatic heterocycles. The summed E-state index contributed by atoms with van der Waals surface area (Å²) in [5.41, 5.74) is 4.65. The molecule has 21 heavy (non-hydrogen) atoms. The van der Waals surface area contributed by atoms with Gasteiger partial charge in [0.25, 0.3) is 0 Å². The highest BCUT2D eigenvalue weighted by atomic mass is 16.5. The largest absolute Gasteiger partial charge is 0.381 e. The molecular formula is C18H30N2O. The third-order valence-corrected chi connectivity index (χ3v) is 4.88. The summed E-state index contributed by atoms with van der Waals surface area (Å²) in [5, 5.41) is 0. The first-order chi connectivity index (χ1) is 10.2. The second-order valence-electron chi connectivity index (χ2n) is 6.68. The van der Waals surface area contributed by atoms with Crippen LogP contribution in [0.4, 0.5) is 0 Å². The summed E-state index contributed by atoms with van der Waals surface area (Å²) >= 11 is 0. The highest BCUT2D eigenvalue weighted by Gasteiger charge is 2.40. The first-order valence-corrected chi connectivity index (χ1v) is 8.28. The zero-order valence-corrected chi connectivity index (χ0v) is 13.5. The monoisotopic (exact) mass is 290 g/mol. The van der Waals surface area contributed by atoms with E-state index in [1.165, 1.54) is 18.4 Å². The van der Waals surface area contributed by atoms with Crippen LogP contribution in [-0.4, -0.2) is 19.3 Å². The van der Waals surface area contributed by atoms with Gasteiger partial charge >= 0.3 is 0 Å². The van der Waals surface area contributed by atoms with Crippen LogP contribution >= 0.6 is 0 Å². The third-order valence-electron chi connectivity index (χ3n) is 4.88. The number of nitrogens with two attached hydrogens (primary N) is 1. The second kappa shape index (κ2) is 7.92. The molecular weight excluding hydrogens is 260 g/mol. The molecule has 0 aromatic heterocycles. The van der Waals surface area contributed by atoms with Crippen molar-refractivity contribution in [3.05, 3.63) is 35.9 Å². The van der Waals surface area contributed by atoms with Crippen molar-refractivity contribution in [1.82, 2.24) is 5.43 Å². The van der Waals surface area contributed by atoms with Crippen LogP contribution in [0.15, 0.2) is 30.3 Å². The van der Waals surface area contributed by atoms with Crippen LogP contribution in [0.3, 0.4) is 0 Å². The van der Waals surface area contributed by atoms with Crippen molar-refractivity contribution in [2.24, 2.45) is 11.8 Å². The molecule has 1 aromatic rings. The van der Waals surface area contributed by atoms with Gasteiger partial charge in [-0.25, -0.2) is 0 Å². The highest BCUT2D eigenvalue weighted by molar-refractivity contribution is 5.28. The zero-order chi connectivity index (χ0) is 15.1. The third kappa shape index (κ3) is 4.06. The van der Waals surface area contributed by atoms with Crippen LogP contribution in [0.25, 0.3) is 0 Å². The van der Waals surface area contributed by atoms with Crippen LogP contribution in [0, 0.1) is 5.92 Å². The van der Waals surface area contributed by atoms with Crippen molar-refractivity contribution in [3.63, 3.8) is 0 Å². The van der Waals surface area contributed by atoms with Gasteiger partial charge in [0.1, 0.15) is 0 Å². The number of hydrazine groups is 1. The molecule has 0 bridgehead atoms. The Labute approximate surface area is 129 Å². The summed E-state index contributed by atoms with van der Waals surface area (Å²) in [6.07, 6.45) is 5.71. The van der Waals surface area contributed by atoms with Crippen LogP contribution in [-0.2, 0) is 10.2 Å². The Morgan fingerprint density at radius 2 is 1.81 bits per heavy atom. The summed E-state index contributed by atoms with van der Waals surface area (Å²) in [6.45, 7) is 6.23. The molecule has 1 atom stereocenters. The molecule has 0 spiro atoms.